The molecular formula is C14H19N3O2. The van der Waals surface area contributed by atoms with Crippen molar-refractivity contribution in [2.45, 2.75) is 19.1 Å². The lowest BCUT2D eigenvalue weighted by molar-refractivity contribution is -0.128. The molecule has 0 radical (unpaired) electrons. The number of nitrogens with one attached hydrogen (secondary N) is 2. The van der Waals surface area contributed by atoms with E-state index in [-0.39, 0.29) is 18.0 Å². The first-order valence-electron chi connectivity index (χ1n) is 6.43. The van der Waals surface area contributed by atoms with Gasteiger partial charge in [0.05, 0.1) is 6.17 Å². The summed E-state index contributed by atoms with van der Waals surface area (Å²) in [6.07, 6.45) is 0.993. The van der Waals surface area contributed by atoms with Crippen molar-refractivity contribution < 1.29 is 9.59 Å². The third kappa shape index (κ3) is 3.32. The molecule has 0 aromatic heterocycles. The molecule has 0 aliphatic carbocycles. The summed E-state index contributed by atoms with van der Waals surface area (Å²) in [5.74, 6) is 0.258. The van der Waals surface area contributed by atoms with Gasteiger partial charge in [-0.3, -0.25) is 9.59 Å². The SMILES string of the molecule is CNC(NC=O)C1CC(=O)N(Cc2ccccc2)C1. The summed E-state index contributed by atoms with van der Waals surface area (Å²) in [7, 11) is 1.78. The molecule has 2 N–H and O–H groups in total. The topological polar surface area (TPSA) is 61.4 Å². The summed E-state index contributed by atoms with van der Waals surface area (Å²) in [5, 5.41) is 5.74. The zero-order valence-corrected chi connectivity index (χ0v) is 11.0. The van der Waals surface area contributed by atoms with E-state index in [2.05, 4.69) is 10.6 Å². The number of nitrogens with zero attached hydrogens (tertiary/aromatic N) is 1. The molecule has 5 heteroatoms. The average molecular weight is 261 g/mol. The molecule has 2 unspecified atom stereocenters. The lowest BCUT2D eigenvalue weighted by atomic mass is 10.1. The molecule has 1 fully saturated rings. The van der Waals surface area contributed by atoms with Crippen LogP contribution in [0.5, 0.6) is 0 Å². The molecule has 2 amide bonds. The van der Waals surface area contributed by atoms with E-state index < -0.39 is 0 Å². The minimum atomic E-state index is -0.151. The Morgan fingerprint density at radius 2 is 2.16 bits per heavy atom. The summed E-state index contributed by atoms with van der Waals surface area (Å²) in [5.41, 5.74) is 1.13. The molecule has 0 spiro atoms. The second kappa shape index (κ2) is 6.33. The Kier molecular flexibility index (Phi) is 4.52. The summed E-state index contributed by atoms with van der Waals surface area (Å²) in [6, 6.07) is 9.93. The molecule has 1 heterocycles. The van der Waals surface area contributed by atoms with Gasteiger partial charge >= 0.3 is 0 Å². The summed E-state index contributed by atoms with van der Waals surface area (Å²) < 4.78 is 0. The van der Waals surface area contributed by atoms with Gasteiger partial charge in [-0.25, -0.2) is 0 Å². The summed E-state index contributed by atoms with van der Waals surface area (Å²) in [6.45, 7) is 1.30. The Labute approximate surface area is 113 Å². The van der Waals surface area contributed by atoms with Crippen LogP contribution in [0.4, 0.5) is 0 Å². The highest BCUT2D eigenvalue weighted by Crippen LogP contribution is 2.21. The number of carbonyl (C=O) groups excluding carboxylic acids is 2. The molecule has 2 rings (SSSR count). The van der Waals surface area contributed by atoms with Crippen LogP contribution in [0.2, 0.25) is 0 Å². The minimum Gasteiger partial charge on any atom is -0.343 e. The fourth-order valence-electron chi connectivity index (χ4n) is 2.51. The molecule has 19 heavy (non-hydrogen) atoms. The fourth-order valence-corrected chi connectivity index (χ4v) is 2.51. The molecule has 0 saturated carbocycles. The maximum atomic E-state index is 12.0. The van der Waals surface area contributed by atoms with E-state index in [1.165, 1.54) is 0 Å². The molecule has 0 bridgehead atoms. The molecule has 1 aromatic rings. The minimum absolute atomic E-state index is 0.117. The number of rotatable bonds is 6. The largest absolute Gasteiger partial charge is 0.343 e. The van der Waals surface area contributed by atoms with Gasteiger partial charge < -0.3 is 15.5 Å². The zero-order chi connectivity index (χ0) is 13.7. The van der Waals surface area contributed by atoms with Crippen LogP contribution in [-0.4, -0.2) is 37.0 Å². The lowest BCUT2D eigenvalue weighted by Gasteiger charge is -2.22. The van der Waals surface area contributed by atoms with Crippen molar-refractivity contribution in [1.82, 2.24) is 15.5 Å². The van der Waals surface area contributed by atoms with Crippen molar-refractivity contribution in [2.75, 3.05) is 13.6 Å². The number of hydrogen-bond acceptors (Lipinski definition) is 3. The van der Waals surface area contributed by atoms with Crippen LogP contribution in [0.15, 0.2) is 30.3 Å². The van der Waals surface area contributed by atoms with Crippen molar-refractivity contribution in [3.05, 3.63) is 35.9 Å². The number of amides is 2. The third-order valence-corrected chi connectivity index (χ3v) is 3.49. The van der Waals surface area contributed by atoms with E-state index in [1.54, 1.807) is 7.05 Å². The van der Waals surface area contributed by atoms with E-state index in [0.717, 1.165) is 5.56 Å². The molecule has 1 saturated heterocycles. The highest BCUT2D eigenvalue weighted by atomic mass is 16.2. The van der Waals surface area contributed by atoms with Crippen molar-refractivity contribution in [3.63, 3.8) is 0 Å². The Morgan fingerprint density at radius 3 is 2.79 bits per heavy atom. The molecule has 2 atom stereocenters. The van der Waals surface area contributed by atoms with Gasteiger partial charge in [-0.2, -0.15) is 0 Å². The Balaban J connectivity index is 1.97. The van der Waals surface area contributed by atoms with Gasteiger partial charge in [-0.15, -0.1) is 0 Å². The zero-order valence-electron chi connectivity index (χ0n) is 11.0. The van der Waals surface area contributed by atoms with E-state index in [9.17, 15) is 9.59 Å². The first kappa shape index (κ1) is 13.5. The molecular weight excluding hydrogens is 242 g/mol. The van der Waals surface area contributed by atoms with Gasteiger partial charge in [0.1, 0.15) is 0 Å². The predicted octanol–water partition coefficient (Wildman–Crippen LogP) is 0.327. The number of hydrogen-bond donors (Lipinski definition) is 2. The second-order valence-electron chi connectivity index (χ2n) is 4.77. The van der Waals surface area contributed by atoms with Crippen LogP contribution >= 0.6 is 0 Å². The van der Waals surface area contributed by atoms with Crippen molar-refractivity contribution in [1.29, 1.82) is 0 Å². The maximum absolute atomic E-state index is 12.0. The summed E-state index contributed by atoms with van der Waals surface area (Å²) in [4.78, 5) is 24.4. The quantitative estimate of drug-likeness (QED) is 0.573. The van der Waals surface area contributed by atoms with E-state index in [4.69, 9.17) is 0 Å². The second-order valence-corrected chi connectivity index (χ2v) is 4.77. The van der Waals surface area contributed by atoms with Crippen LogP contribution in [0.25, 0.3) is 0 Å². The monoisotopic (exact) mass is 261 g/mol. The standard InChI is InChI=1S/C14H19N3O2/c1-15-14(16-10-18)12-7-13(19)17(9-12)8-11-5-3-2-4-6-11/h2-6,10,12,14-15H,7-9H2,1H3,(H,16,18). The van der Waals surface area contributed by atoms with Crippen molar-refractivity contribution in [2.24, 2.45) is 5.92 Å². The normalized spacial score (nSPS) is 20.4. The molecule has 1 aliphatic heterocycles. The summed E-state index contributed by atoms with van der Waals surface area (Å²) >= 11 is 0. The van der Waals surface area contributed by atoms with Crippen LogP contribution in [0, 0.1) is 5.92 Å². The Hall–Kier alpha value is -1.88. The fraction of sp³-hybridized carbons (Fsp3) is 0.429. The molecule has 5 nitrogen and oxygen atoms in total. The highest BCUT2D eigenvalue weighted by molar-refractivity contribution is 5.78. The van der Waals surface area contributed by atoms with Gasteiger partial charge in [0.15, 0.2) is 0 Å². The van der Waals surface area contributed by atoms with Crippen LogP contribution in [0.3, 0.4) is 0 Å². The molecule has 102 valence electrons. The third-order valence-electron chi connectivity index (χ3n) is 3.49. The van der Waals surface area contributed by atoms with Gasteiger partial charge in [0, 0.05) is 25.4 Å². The Morgan fingerprint density at radius 1 is 1.42 bits per heavy atom. The van der Waals surface area contributed by atoms with Gasteiger partial charge in [0.25, 0.3) is 0 Å². The smallest absolute Gasteiger partial charge is 0.223 e. The van der Waals surface area contributed by atoms with Crippen LogP contribution < -0.4 is 10.6 Å². The van der Waals surface area contributed by atoms with Gasteiger partial charge in [0.2, 0.25) is 12.3 Å². The number of carbonyl (C=O) groups is 2. The number of likely N-dealkylation sites (tertiary alicyclic amines) is 1. The predicted molar refractivity (Wildman–Crippen MR) is 72.0 cm³/mol. The van der Waals surface area contributed by atoms with Gasteiger partial charge in [-0.05, 0) is 12.6 Å². The lowest BCUT2D eigenvalue weighted by Crippen LogP contribution is -2.46. The molecule has 1 aromatic carbocycles. The first-order chi connectivity index (χ1) is 9.24. The number of benzene rings is 1. The average Bonchev–Trinajstić information content (AvgIpc) is 2.78. The van der Waals surface area contributed by atoms with Crippen LogP contribution in [-0.2, 0) is 16.1 Å². The van der Waals surface area contributed by atoms with Gasteiger partial charge in [-0.1, -0.05) is 30.3 Å². The van der Waals surface area contributed by atoms with E-state index in [0.29, 0.717) is 25.9 Å². The van der Waals surface area contributed by atoms with Crippen molar-refractivity contribution in [3.8, 4) is 0 Å². The maximum Gasteiger partial charge on any atom is 0.223 e. The molecule has 1 aliphatic rings. The van der Waals surface area contributed by atoms with Crippen LogP contribution in [0.1, 0.15) is 12.0 Å². The van der Waals surface area contributed by atoms with E-state index >= 15 is 0 Å². The van der Waals surface area contributed by atoms with E-state index in [1.807, 2.05) is 35.2 Å². The van der Waals surface area contributed by atoms with Crippen molar-refractivity contribution >= 4 is 12.3 Å². The Bertz CT molecular complexity index is 436. The first-order valence-corrected chi connectivity index (χ1v) is 6.43. The highest BCUT2D eigenvalue weighted by Gasteiger charge is 2.34.